The summed E-state index contributed by atoms with van der Waals surface area (Å²) in [5.41, 5.74) is 2.87. The van der Waals surface area contributed by atoms with Gasteiger partial charge in [0.15, 0.2) is 6.10 Å². The quantitative estimate of drug-likeness (QED) is 0.470. The largest absolute Gasteiger partial charge is 0.497 e. The van der Waals surface area contributed by atoms with Gasteiger partial charge in [-0.2, -0.15) is 0 Å². The van der Waals surface area contributed by atoms with E-state index in [1.165, 1.54) is 0 Å². The third-order valence-electron chi connectivity index (χ3n) is 5.55. The number of likely N-dealkylation sites (N-methyl/N-ethyl adjacent to an activating group) is 1. The number of nitrogens with one attached hydrogen (secondary N) is 1. The summed E-state index contributed by atoms with van der Waals surface area (Å²) < 4.78 is 11.7. The second-order valence-corrected chi connectivity index (χ2v) is 9.35. The molecule has 0 spiro atoms. The highest BCUT2D eigenvalue weighted by Crippen LogP contribution is 2.47. The van der Waals surface area contributed by atoms with Crippen molar-refractivity contribution >= 4 is 35.0 Å². The number of thioether (sulfide) groups is 1. The first kappa shape index (κ1) is 23.6. The van der Waals surface area contributed by atoms with Crippen LogP contribution in [0.1, 0.15) is 16.4 Å². The number of carbonyl (C=O) groups excluding carboxylic acids is 1. The molecule has 0 fully saturated rings. The molecule has 1 aliphatic rings. The highest BCUT2D eigenvalue weighted by atomic mass is 35.5. The first-order chi connectivity index (χ1) is 16.1. The van der Waals surface area contributed by atoms with E-state index in [2.05, 4.69) is 5.32 Å². The van der Waals surface area contributed by atoms with Crippen molar-refractivity contribution in [2.75, 3.05) is 32.1 Å². The molecule has 3 aromatic carbocycles. The van der Waals surface area contributed by atoms with Crippen molar-refractivity contribution in [3.8, 4) is 5.75 Å². The van der Waals surface area contributed by atoms with Crippen molar-refractivity contribution in [1.29, 1.82) is 0 Å². The summed E-state index contributed by atoms with van der Waals surface area (Å²) in [6.45, 7) is 1.55. The fraction of sp³-hybridized carbons (Fsp3) is 0.269. The fourth-order valence-electron chi connectivity index (χ4n) is 3.82. The molecule has 0 saturated heterocycles. The Hall–Kier alpha value is -2.51. The van der Waals surface area contributed by atoms with Crippen molar-refractivity contribution in [3.63, 3.8) is 0 Å². The summed E-state index contributed by atoms with van der Waals surface area (Å²) in [5, 5.41) is 3.54. The number of nitrogens with zero attached hydrogens (tertiary/aromatic N) is 1. The lowest BCUT2D eigenvalue weighted by molar-refractivity contribution is -0.130. The molecule has 2 unspecified atom stereocenters. The van der Waals surface area contributed by atoms with Crippen LogP contribution >= 0.6 is 23.4 Å². The van der Waals surface area contributed by atoms with Gasteiger partial charge >= 0.3 is 0 Å². The van der Waals surface area contributed by atoms with Crippen LogP contribution in [0.5, 0.6) is 5.75 Å². The monoisotopic (exact) mass is 482 g/mol. The summed E-state index contributed by atoms with van der Waals surface area (Å²) in [6.07, 6.45) is -0.674. The zero-order valence-electron chi connectivity index (χ0n) is 18.7. The highest BCUT2D eigenvalue weighted by Gasteiger charge is 2.39. The minimum atomic E-state index is -0.674. The first-order valence-electron chi connectivity index (χ1n) is 10.8. The number of benzene rings is 3. The maximum absolute atomic E-state index is 13.9. The number of amides is 1. The molecule has 1 aliphatic heterocycles. The van der Waals surface area contributed by atoms with Gasteiger partial charge in [-0.25, -0.2) is 0 Å². The molecular weight excluding hydrogens is 456 g/mol. The van der Waals surface area contributed by atoms with Crippen LogP contribution in [0.25, 0.3) is 0 Å². The molecule has 1 N–H and O–H groups in total. The molecule has 2 atom stereocenters. The van der Waals surface area contributed by atoms with E-state index in [1.54, 1.807) is 18.9 Å². The minimum absolute atomic E-state index is 0.0597. The molecule has 0 aromatic heterocycles. The molecule has 1 amide bonds. The molecule has 33 heavy (non-hydrogen) atoms. The topological polar surface area (TPSA) is 50.8 Å². The number of halogens is 1. The van der Waals surface area contributed by atoms with E-state index < -0.39 is 6.10 Å². The van der Waals surface area contributed by atoms with Crippen molar-refractivity contribution in [2.45, 2.75) is 22.9 Å². The van der Waals surface area contributed by atoms with Crippen LogP contribution in [-0.2, 0) is 16.1 Å². The van der Waals surface area contributed by atoms with E-state index in [0.29, 0.717) is 24.7 Å². The molecule has 3 aromatic rings. The highest BCUT2D eigenvalue weighted by molar-refractivity contribution is 7.99. The summed E-state index contributed by atoms with van der Waals surface area (Å²) in [4.78, 5) is 16.7. The number of carbonyl (C=O) groups is 1. The lowest BCUT2D eigenvalue weighted by atomic mass is 10.1. The summed E-state index contributed by atoms with van der Waals surface area (Å²) >= 11 is 7.96. The van der Waals surface area contributed by atoms with Crippen molar-refractivity contribution in [1.82, 2.24) is 5.32 Å². The van der Waals surface area contributed by atoms with Crippen LogP contribution in [0.15, 0.2) is 77.7 Å². The van der Waals surface area contributed by atoms with Gasteiger partial charge in [0.1, 0.15) is 5.75 Å². The lowest BCUT2D eigenvalue weighted by Crippen LogP contribution is -2.44. The fourth-order valence-corrected chi connectivity index (χ4v) is 5.43. The third-order valence-corrected chi connectivity index (χ3v) is 7.14. The van der Waals surface area contributed by atoms with Gasteiger partial charge in [-0.1, -0.05) is 54.1 Å². The van der Waals surface area contributed by atoms with Gasteiger partial charge in [0, 0.05) is 23.0 Å². The Kier molecular flexibility index (Phi) is 7.93. The number of hydrogen-bond donors (Lipinski definition) is 1. The molecule has 7 heteroatoms. The van der Waals surface area contributed by atoms with E-state index in [9.17, 15) is 4.79 Å². The standard InChI is InChI=1S/C26H27ClN2O3S/c1-28-14-15-29-22-13-10-20(27)16-23(22)33-25(19-8-11-21(31-2)12-9-19)24(26(29)30)32-17-18-6-4-3-5-7-18/h3-13,16,24-25,28H,14-15,17H2,1-2H3. The van der Waals surface area contributed by atoms with Crippen LogP contribution in [-0.4, -0.2) is 39.3 Å². The van der Waals surface area contributed by atoms with Crippen LogP contribution < -0.4 is 15.0 Å². The molecule has 172 valence electrons. The maximum atomic E-state index is 13.9. The van der Waals surface area contributed by atoms with E-state index in [4.69, 9.17) is 21.1 Å². The maximum Gasteiger partial charge on any atom is 0.257 e. The van der Waals surface area contributed by atoms with Crippen LogP contribution in [0.2, 0.25) is 5.02 Å². The number of anilines is 1. The van der Waals surface area contributed by atoms with Gasteiger partial charge in [0.2, 0.25) is 0 Å². The number of ether oxygens (including phenoxy) is 2. The zero-order valence-corrected chi connectivity index (χ0v) is 20.2. The van der Waals surface area contributed by atoms with E-state index in [0.717, 1.165) is 27.5 Å². The molecule has 4 rings (SSSR count). The second-order valence-electron chi connectivity index (χ2n) is 7.73. The normalized spacial score (nSPS) is 18.0. The van der Waals surface area contributed by atoms with E-state index >= 15 is 0 Å². The second kappa shape index (κ2) is 11.1. The van der Waals surface area contributed by atoms with Crippen LogP contribution in [0.4, 0.5) is 5.69 Å². The summed E-state index contributed by atoms with van der Waals surface area (Å²) in [7, 11) is 3.52. The summed E-state index contributed by atoms with van der Waals surface area (Å²) in [5.74, 6) is 0.708. The molecule has 0 bridgehead atoms. The van der Waals surface area contributed by atoms with Crippen LogP contribution in [0.3, 0.4) is 0 Å². The van der Waals surface area contributed by atoms with Crippen LogP contribution in [0, 0.1) is 0 Å². The SMILES string of the molecule is CNCCN1C(=O)C(OCc2ccccc2)C(c2ccc(OC)cc2)Sc2cc(Cl)ccc21. The third kappa shape index (κ3) is 5.53. The predicted molar refractivity (Wildman–Crippen MR) is 134 cm³/mol. The number of methoxy groups -OCH3 is 1. The van der Waals surface area contributed by atoms with Crippen molar-refractivity contribution < 1.29 is 14.3 Å². The Morgan fingerprint density at radius 2 is 1.82 bits per heavy atom. The average Bonchev–Trinajstić information content (AvgIpc) is 2.96. The molecule has 0 aliphatic carbocycles. The van der Waals surface area contributed by atoms with Gasteiger partial charge in [-0.05, 0) is 48.5 Å². The minimum Gasteiger partial charge on any atom is -0.497 e. The Morgan fingerprint density at radius 3 is 2.52 bits per heavy atom. The van der Waals surface area contributed by atoms with Crippen molar-refractivity contribution in [3.05, 3.63) is 88.9 Å². The zero-order chi connectivity index (χ0) is 23.2. The first-order valence-corrected chi connectivity index (χ1v) is 12.1. The Morgan fingerprint density at radius 1 is 1.06 bits per heavy atom. The van der Waals surface area contributed by atoms with E-state index in [1.807, 2.05) is 84.7 Å². The van der Waals surface area contributed by atoms with E-state index in [-0.39, 0.29) is 11.2 Å². The molecule has 1 heterocycles. The Bertz CT molecular complexity index is 1080. The number of fused-ring (bicyclic) bond motifs is 1. The molecule has 0 saturated carbocycles. The lowest BCUT2D eigenvalue weighted by Gasteiger charge is -2.28. The number of rotatable bonds is 8. The summed E-state index contributed by atoms with van der Waals surface area (Å²) in [6, 6.07) is 23.4. The predicted octanol–water partition coefficient (Wildman–Crippen LogP) is 5.33. The van der Waals surface area contributed by atoms with Gasteiger partial charge in [-0.15, -0.1) is 11.8 Å². The van der Waals surface area contributed by atoms with Gasteiger partial charge in [0.05, 0.1) is 24.7 Å². The average molecular weight is 483 g/mol. The van der Waals surface area contributed by atoms with Gasteiger partial charge < -0.3 is 19.7 Å². The Balaban J connectivity index is 1.75. The van der Waals surface area contributed by atoms with Gasteiger partial charge in [0.25, 0.3) is 5.91 Å². The molecule has 0 radical (unpaired) electrons. The molecular formula is C26H27ClN2O3S. The number of hydrogen-bond acceptors (Lipinski definition) is 5. The smallest absolute Gasteiger partial charge is 0.257 e. The molecule has 5 nitrogen and oxygen atoms in total. The van der Waals surface area contributed by atoms with Gasteiger partial charge in [-0.3, -0.25) is 4.79 Å². The van der Waals surface area contributed by atoms with Crippen molar-refractivity contribution in [2.24, 2.45) is 0 Å². The Labute approximate surface area is 204 Å².